The minimum absolute atomic E-state index is 0.0425. The van der Waals surface area contributed by atoms with E-state index < -0.39 is 0 Å². The molecule has 0 radical (unpaired) electrons. The van der Waals surface area contributed by atoms with Crippen LogP contribution in [0.4, 0.5) is 0 Å². The smallest absolute Gasteiger partial charge is 0.254 e. The first kappa shape index (κ1) is 14.4. The molecule has 0 saturated carbocycles. The molecule has 19 heavy (non-hydrogen) atoms. The molecule has 1 amide bonds. The van der Waals surface area contributed by atoms with Gasteiger partial charge in [0.05, 0.1) is 4.47 Å². The number of phenols is 1. The molecule has 0 spiro atoms. The second-order valence-electron chi connectivity index (χ2n) is 5.10. The van der Waals surface area contributed by atoms with Crippen LogP contribution in [0.25, 0.3) is 0 Å². The second-order valence-corrected chi connectivity index (χ2v) is 5.96. The number of nitrogens with zero attached hydrogens (tertiary/aromatic N) is 1. The number of halogens is 1. The Morgan fingerprint density at radius 2 is 2.26 bits per heavy atom. The van der Waals surface area contributed by atoms with Crippen molar-refractivity contribution in [2.24, 2.45) is 0 Å². The van der Waals surface area contributed by atoms with E-state index in [0.717, 1.165) is 32.2 Å². The molecule has 1 atom stereocenters. The third-order valence-electron chi connectivity index (χ3n) is 3.70. The van der Waals surface area contributed by atoms with Crippen molar-refractivity contribution in [1.29, 1.82) is 0 Å². The Balaban J connectivity index is 2.18. The van der Waals surface area contributed by atoms with E-state index in [0.29, 0.717) is 16.1 Å². The molecule has 1 heterocycles. The Kier molecular flexibility index (Phi) is 4.86. The van der Waals surface area contributed by atoms with Gasteiger partial charge in [-0.25, -0.2) is 0 Å². The lowest BCUT2D eigenvalue weighted by Crippen LogP contribution is -2.43. The fourth-order valence-corrected chi connectivity index (χ4v) is 2.96. The van der Waals surface area contributed by atoms with Crippen LogP contribution in [0.2, 0.25) is 0 Å². The van der Waals surface area contributed by atoms with E-state index in [2.05, 4.69) is 22.9 Å². The molecule has 1 N–H and O–H groups in total. The Labute approximate surface area is 122 Å². The minimum atomic E-state index is 0.0425. The van der Waals surface area contributed by atoms with Crippen LogP contribution >= 0.6 is 15.9 Å². The van der Waals surface area contributed by atoms with Gasteiger partial charge < -0.3 is 10.0 Å². The summed E-state index contributed by atoms with van der Waals surface area (Å²) in [4.78, 5) is 14.5. The lowest BCUT2D eigenvalue weighted by atomic mass is 9.97. The lowest BCUT2D eigenvalue weighted by Gasteiger charge is -2.36. The third-order valence-corrected chi connectivity index (χ3v) is 4.37. The molecular formula is C15H20BrNO2. The first-order valence-corrected chi connectivity index (χ1v) is 7.72. The van der Waals surface area contributed by atoms with Gasteiger partial charge in [-0.15, -0.1) is 0 Å². The van der Waals surface area contributed by atoms with Gasteiger partial charge in [0, 0.05) is 18.2 Å². The van der Waals surface area contributed by atoms with Crippen molar-refractivity contribution in [3.63, 3.8) is 0 Å². The van der Waals surface area contributed by atoms with Gasteiger partial charge in [0.15, 0.2) is 0 Å². The third kappa shape index (κ3) is 3.30. The largest absolute Gasteiger partial charge is 0.507 e. The van der Waals surface area contributed by atoms with Gasteiger partial charge in [0.2, 0.25) is 0 Å². The van der Waals surface area contributed by atoms with Gasteiger partial charge in [0.1, 0.15) is 5.75 Å². The molecule has 1 aliphatic heterocycles. The number of hydrogen-bond donors (Lipinski definition) is 1. The zero-order valence-corrected chi connectivity index (χ0v) is 12.8. The van der Waals surface area contributed by atoms with E-state index in [-0.39, 0.29) is 11.7 Å². The molecule has 1 fully saturated rings. The average Bonchev–Trinajstić information content (AvgIpc) is 2.42. The van der Waals surface area contributed by atoms with Crippen molar-refractivity contribution in [2.75, 3.05) is 6.54 Å². The van der Waals surface area contributed by atoms with Crippen LogP contribution < -0.4 is 0 Å². The number of phenolic OH excluding ortho intramolecular Hbond substituents is 1. The highest BCUT2D eigenvalue weighted by Crippen LogP contribution is 2.27. The number of hydrogen-bond acceptors (Lipinski definition) is 2. The fraction of sp³-hybridized carbons (Fsp3) is 0.533. The van der Waals surface area contributed by atoms with Crippen LogP contribution in [-0.2, 0) is 0 Å². The van der Waals surface area contributed by atoms with Crippen molar-refractivity contribution in [2.45, 2.75) is 45.1 Å². The molecule has 1 unspecified atom stereocenters. The van der Waals surface area contributed by atoms with Gasteiger partial charge >= 0.3 is 0 Å². The zero-order valence-electron chi connectivity index (χ0n) is 11.2. The van der Waals surface area contributed by atoms with Gasteiger partial charge in [-0.3, -0.25) is 4.79 Å². The Morgan fingerprint density at radius 1 is 1.47 bits per heavy atom. The number of amides is 1. The quantitative estimate of drug-likeness (QED) is 0.914. The predicted molar refractivity (Wildman–Crippen MR) is 79.4 cm³/mol. The maximum Gasteiger partial charge on any atom is 0.254 e. The van der Waals surface area contributed by atoms with E-state index in [4.69, 9.17) is 0 Å². The molecule has 3 nitrogen and oxygen atoms in total. The van der Waals surface area contributed by atoms with Gasteiger partial charge in [-0.05, 0) is 59.8 Å². The van der Waals surface area contributed by atoms with Crippen LogP contribution in [-0.4, -0.2) is 28.5 Å². The van der Waals surface area contributed by atoms with Crippen LogP contribution in [0.15, 0.2) is 22.7 Å². The first-order valence-electron chi connectivity index (χ1n) is 6.93. The first-order chi connectivity index (χ1) is 9.13. The molecule has 1 aromatic rings. The number of piperidine rings is 1. The predicted octanol–water partition coefficient (Wildman–Crippen LogP) is 3.95. The zero-order chi connectivity index (χ0) is 13.8. The van der Waals surface area contributed by atoms with E-state index in [9.17, 15) is 9.90 Å². The van der Waals surface area contributed by atoms with Crippen molar-refractivity contribution in [3.8, 4) is 5.75 Å². The second kappa shape index (κ2) is 6.42. The minimum Gasteiger partial charge on any atom is -0.507 e. The van der Waals surface area contributed by atoms with Gasteiger partial charge in [-0.2, -0.15) is 0 Å². The SMILES string of the molecule is CCCC1CCCCN1C(=O)c1ccc(Br)c(O)c1. The molecule has 1 aliphatic rings. The molecule has 0 aromatic heterocycles. The maximum absolute atomic E-state index is 12.5. The molecule has 1 saturated heterocycles. The summed E-state index contributed by atoms with van der Waals surface area (Å²) < 4.78 is 0.618. The summed E-state index contributed by atoms with van der Waals surface area (Å²) in [6, 6.07) is 5.40. The topological polar surface area (TPSA) is 40.5 Å². The van der Waals surface area contributed by atoms with Crippen LogP contribution in [0.5, 0.6) is 5.75 Å². The Morgan fingerprint density at radius 3 is 2.95 bits per heavy atom. The highest BCUT2D eigenvalue weighted by molar-refractivity contribution is 9.10. The Bertz CT molecular complexity index is 459. The number of carbonyl (C=O) groups excluding carboxylic acids is 1. The number of rotatable bonds is 3. The number of likely N-dealkylation sites (tertiary alicyclic amines) is 1. The summed E-state index contributed by atoms with van der Waals surface area (Å²) in [6.07, 6.45) is 5.55. The Hall–Kier alpha value is -1.03. The van der Waals surface area contributed by atoms with Crippen molar-refractivity contribution in [3.05, 3.63) is 28.2 Å². The summed E-state index contributed by atoms with van der Waals surface area (Å²) >= 11 is 3.24. The molecule has 1 aromatic carbocycles. The van der Waals surface area contributed by atoms with Crippen LogP contribution in [0, 0.1) is 0 Å². The monoisotopic (exact) mass is 325 g/mol. The van der Waals surface area contributed by atoms with Crippen molar-refractivity contribution in [1.82, 2.24) is 4.90 Å². The molecule has 0 bridgehead atoms. The summed E-state index contributed by atoms with van der Waals surface area (Å²) in [5.74, 6) is 0.163. The molecular weight excluding hydrogens is 306 g/mol. The number of benzene rings is 1. The summed E-state index contributed by atoms with van der Waals surface area (Å²) in [5, 5.41) is 9.70. The van der Waals surface area contributed by atoms with E-state index in [1.807, 2.05) is 4.90 Å². The van der Waals surface area contributed by atoms with E-state index in [1.54, 1.807) is 18.2 Å². The summed E-state index contributed by atoms with van der Waals surface area (Å²) in [6.45, 7) is 2.99. The maximum atomic E-state index is 12.5. The highest BCUT2D eigenvalue weighted by atomic mass is 79.9. The summed E-state index contributed by atoms with van der Waals surface area (Å²) in [5.41, 5.74) is 0.573. The number of aromatic hydroxyl groups is 1. The normalized spacial score (nSPS) is 19.5. The summed E-state index contributed by atoms with van der Waals surface area (Å²) in [7, 11) is 0. The molecule has 2 rings (SSSR count). The van der Waals surface area contributed by atoms with Crippen molar-refractivity contribution >= 4 is 21.8 Å². The van der Waals surface area contributed by atoms with Crippen molar-refractivity contribution < 1.29 is 9.90 Å². The van der Waals surface area contributed by atoms with E-state index >= 15 is 0 Å². The molecule has 4 heteroatoms. The number of carbonyl (C=O) groups is 1. The fourth-order valence-electron chi connectivity index (χ4n) is 2.71. The van der Waals surface area contributed by atoms with Gasteiger partial charge in [0.25, 0.3) is 5.91 Å². The highest BCUT2D eigenvalue weighted by Gasteiger charge is 2.26. The van der Waals surface area contributed by atoms with Crippen LogP contribution in [0.3, 0.4) is 0 Å². The molecule has 104 valence electrons. The van der Waals surface area contributed by atoms with E-state index in [1.165, 1.54) is 6.42 Å². The molecule has 0 aliphatic carbocycles. The van der Waals surface area contributed by atoms with Gasteiger partial charge in [-0.1, -0.05) is 13.3 Å². The van der Waals surface area contributed by atoms with Crippen LogP contribution in [0.1, 0.15) is 49.4 Å². The standard InChI is InChI=1S/C15H20BrNO2/c1-2-5-12-6-3-4-9-17(12)15(19)11-7-8-13(16)14(18)10-11/h7-8,10,12,18H,2-6,9H2,1H3. The average molecular weight is 326 g/mol. The lowest BCUT2D eigenvalue weighted by molar-refractivity contribution is 0.0600.